The molecule has 3 nitrogen and oxygen atoms in total. The van der Waals surface area contributed by atoms with Gasteiger partial charge in [0.15, 0.2) is 0 Å². The number of rotatable bonds is 12. The minimum Gasteiger partial charge on any atom is -0.350 e. The van der Waals surface area contributed by atoms with Crippen LogP contribution in [0, 0.1) is 5.92 Å². The van der Waals surface area contributed by atoms with Gasteiger partial charge in [-0.2, -0.15) is 0 Å². The maximum absolute atomic E-state index is 12.0. The first-order chi connectivity index (χ1) is 16.4. The molecule has 2 aliphatic heterocycles. The van der Waals surface area contributed by atoms with E-state index in [0.717, 1.165) is 59.7 Å². The van der Waals surface area contributed by atoms with Gasteiger partial charge >= 0.3 is 0 Å². The second-order valence-electron chi connectivity index (χ2n) is 10.2. The Kier molecular flexibility index (Phi) is 7.00. The summed E-state index contributed by atoms with van der Waals surface area (Å²) in [6.45, 7) is 5.43. The summed E-state index contributed by atoms with van der Waals surface area (Å²) < 4.78 is 2.00. The fourth-order valence-corrected chi connectivity index (χ4v) is 7.48. The quantitative estimate of drug-likeness (QED) is 0.261. The van der Waals surface area contributed by atoms with Gasteiger partial charge in [-0.25, -0.2) is 0 Å². The van der Waals surface area contributed by atoms with Gasteiger partial charge in [0, 0.05) is 34.5 Å². The van der Waals surface area contributed by atoms with Crippen molar-refractivity contribution in [3.63, 3.8) is 0 Å². The molecule has 2 aliphatic carbocycles. The first-order valence-corrected chi connectivity index (χ1v) is 14.7. The monoisotopic (exact) mass is 560 g/mol. The van der Waals surface area contributed by atoms with Gasteiger partial charge in [-0.15, -0.1) is 0 Å². The van der Waals surface area contributed by atoms with Gasteiger partial charge in [-0.05, 0) is 86.6 Å². The molecule has 182 valence electrons. The Morgan fingerprint density at radius 1 is 1.29 bits per heavy atom. The summed E-state index contributed by atoms with van der Waals surface area (Å²) in [5.74, 6) is 2.07. The van der Waals surface area contributed by atoms with Crippen LogP contribution in [0.3, 0.4) is 0 Å². The Hall–Kier alpha value is -1.17. The van der Waals surface area contributed by atoms with Crippen molar-refractivity contribution in [2.45, 2.75) is 81.9 Å². The summed E-state index contributed by atoms with van der Waals surface area (Å²) >= 11 is 11.7. The summed E-state index contributed by atoms with van der Waals surface area (Å²) in [6, 6.07) is 6.75. The number of nitrogens with zero attached hydrogens (tertiary/aromatic N) is 1. The Morgan fingerprint density at radius 3 is 2.76 bits per heavy atom. The number of hydrogen-bond acceptors (Lipinski definition) is 4. The zero-order valence-corrected chi connectivity index (χ0v) is 23.3. The van der Waals surface area contributed by atoms with E-state index in [1.54, 1.807) is 11.8 Å². The van der Waals surface area contributed by atoms with E-state index in [-0.39, 0.29) is 10.3 Å². The Morgan fingerprint density at radius 2 is 2.09 bits per heavy atom. The van der Waals surface area contributed by atoms with Crippen LogP contribution < -0.4 is 10.2 Å². The molecule has 0 saturated heterocycles. The molecule has 1 saturated carbocycles. The van der Waals surface area contributed by atoms with Gasteiger partial charge in [0.25, 0.3) is 0 Å². The van der Waals surface area contributed by atoms with Crippen molar-refractivity contribution in [3.05, 3.63) is 62.2 Å². The van der Waals surface area contributed by atoms with Crippen LogP contribution in [0.25, 0.3) is 0 Å². The zero-order valence-electron chi connectivity index (χ0n) is 20.1. The summed E-state index contributed by atoms with van der Waals surface area (Å²) in [7, 11) is 0. The van der Waals surface area contributed by atoms with E-state index in [4.69, 9.17) is 11.6 Å². The van der Waals surface area contributed by atoms with Gasteiger partial charge in [0.1, 0.15) is 16.5 Å². The van der Waals surface area contributed by atoms with E-state index in [9.17, 15) is 4.79 Å². The first-order valence-electron chi connectivity index (χ1n) is 12.7. The Bertz CT molecular complexity index is 1080. The molecule has 2 atom stereocenters. The smallest absolute Gasteiger partial charge is 0.135 e. The highest BCUT2D eigenvalue weighted by Gasteiger charge is 2.51. The van der Waals surface area contributed by atoms with Gasteiger partial charge in [0.05, 0.1) is 4.36 Å². The molecule has 0 amide bonds. The number of thioether (sulfide) groups is 1. The highest BCUT2D eigenvalue weighted by Crippen LogP contribution is 2.57. The second-order valence-corrected chi connectivity index (χ2v) is 13.1. The third-order valence-electron chi connectivity index (χ3n) is 7.93. The maximum atomic E-state index is 12.0. The van der Waals surface area contributed by atoms with Gasteiger partial charge in [0.2, 0.25) is 0 Å². The van der Waals surface area contributed by atoms with Crippen molar-refractivity contribution in [2.24, 2.45) is 5.92 Å². The minimum atomic E-state index is -0.163. The van der Waals surface area contributed by atoms with Crippen LogP contribution in [-0.2, 0) is 10.2 Å². The molecule has 2 unspecified atom stereocenters. The molecule has 0 bridgehead atoms. The number of carbonyl (C=O) groups is 1. The number of benzene rings is 1. The van der Waals surface area contributed by atoms with Gasteiger partial charge in [-0.3, -0.25) is 4.79 Å². The molecule has 1 fully saturated rings. The Labute approximate surface area is 221 Å². The van der Waals surface area contributed by atoms with E-state index < -0.39 is 0 Å². The number of nitrogens with one attached hydrogen (secondary N) is 1. The highest BCUT2D eigenvalue weighted by molar-refractivity contribution is 9.10. The summed E-state index contributed by atoms with van der Waals surface area (Å²) in [5, 5.41) is 3.79. The third kappa shape index (κ3) is 4.77. The first kappa shape index (κ1) is 24.5. The normalized spacial score (nSPS) is 27.3. The lowest BCUT2D eigenvalue weighted by atomic mass is 9.75. The van der Waals surface area contributed by atoms with Crippen LogP contribution in [0.5, 0.6) is 0 Å². The molecule has 1 aromatic carbocycles. The number of hydrogen-bond donors (Lipinski definition) is 1. The molecule has 0 spiro atoms. The average molecular weight is 562 g/mol. The molecule has 2 heterocycles. The fraction of sp³-hybridized carbons (Fsp3) is 0.536. The van der Waals surface area contributed by atoms with E-state index in [0.29, 0.717) is 11.7 Å². The Balaban J connectivity index is 1.25. The molecule has 0 radical (unpaired) electrons. The molecule has 4 aliphatic rings. The number of Topliss-reactive ketones (excluding diaryl/α,β-unsaturated/α-hetero) is 1. The molecule has 1 N–H and O–H groups in total. The third-order valence-corrected chi connectivity index (χ3v) is 9.85. The zero-order chi connectivity index (χ0) is 23.9. The molecule has 1 aromatic rings. The molecule has 0 aromatic heterocycles. The number of anilines is 1. The maximum Gasteiger partial charge on any atom is 0.135 e. The lowest BCUT2D eigenvalue weighted by Gasteiger charge is -2.32. The standard InChI is InChI=1S/C28H34BrClN2OS/c1-3-26(31-28-17-20(28)15-25(30)34-28)32-18-27(4-2,22-16-21(29)12-13-23(22)32)14-8-6-5-7-9-24(33)19-10-11-19/h3,12-13,15-17,19,31H,4-11,14,18H2,1-2H3. The lowest BCUT2D eigenvalue weighted by molar-refractivity contribution is -0.120. The summed E-state index contributed by atoms with van der Waals surface area (Å²) in [5.41, 5.74) is 4.17. The van der Waals surface area contributed by atoms with Crippen LogP contribution in [0.4, 0.5) is 5.69 Å². The second kappa shape index (κ2) is 9.71. The summed E-state index contributed by atoms with van der Waals surface area (Å²) in [6.07, 6.45) is 16.5. The van der Waals surface area contributed by atoms with Crippen LogP contribution >= 0.6 is 39.3 Å². The van der Waals surface area contributed by atoms with Crippen LogP contribution in [0.1, 0.15) is 77.2 Å². The number of fused-ring (bicyclic) bond motifs is 2. The SMILES string of the molecule is CC=C(NC12C=C1C=C(Cl)S2)N1CC(CC)(CCCCCCC(=O)C2CC2)c2cc(Br)ccc21. The predicted molar refractivity (Wildman–Crippen MR) is 148 cm³/mol. The number of carbonyl (C=O) groups excluding carboxylic acids is 1. The van der Waals surface area contributed by atoms with Gasteiger partial charge < -0.3 is 10.2 Å². The summed E-state index contributed by atoms with van der Waals surface area (Å²) in [4.78, 5) is 14.3. The van der Waals surface area contributed by atoms with Crippen molar-refractivity contribution in [3.8, 4) is 0 Å². The predicted octanol–water partition coefficient (Wildman–Crippen LogP) is 8.15. The van der Waals surface area contributed by atoms with E-state index in [1.165, 1.54) is 36.1 Å². The van der Waals surface area contributed by atoms with Crippen molar-refractivity contribution < 1.29 is 4.79 Å². The van der Waals surface area contributed by atoms with E-state index in [1.807, 2.05) is 0 Å². The van der Waals surface area contributed by atoms with Crippen molar-refractivity contribution >= 4 is 50.8 Å². The molecule has 34 heavy (non-hydrogen) atoms. The van der Waals surface area contributed by atoms with Crippen LogP contribution in [-0.4, -0.2) is 17.2 Å². The van der Waals surface area contributed by atoms with Crippen LogP contribution in [0.15, 0.2) is 56.7 Å². The largest absolute Gasteiger partial charge is 0.350 e. The van der Waals surface area contributed by atoms with Gasteiger partial charge in [-0.1, -0.05) is 65.5 Å². The fourth-order valence-electron chi connectivity index (χ4n) is 5.62. The van der Waals surface area contributed by atoms with Crippen LogP contribution in [0.2, 0.25) is 0 Å². The topological polar surface area (TPSA) is 32.3 Å². The lowest BCUT2D eigenvalue weighted by Crippen LogP contribution is -2.41. The number of allylic oxidation sites excluding steroid dienone is 1. The molecular formula is C28H34BrClN2OS. The molecule has 6 heteroatoms. The number of halogens is 2. The van der Waals surface area contributed by atoms with Crippen molar-refractivity contribution in [1.29, 1.82) is 0 Å². The van der Waals surface area contributed by atoms with E-state index in [2.05, 4.69) is 76.4 Å². The average Bonchev–Trinajstić information content (AvgIpc) is 3.73. The highest BCUT2D eigenvalue weighted by atomic mass is 79.9. The van der Waals surface area contributed by atoms with E-state index >= 15 is 0 Å². The van der Waals surface area contributed by atoms with Crippen molar-refractivity contribution in [2.75, 3.05) is 11.4 Å². The molecular weight excluding hydrogens is 528 g/mol. The van der Waals surface area contributed by atoms with Crippen molar-refractivity contribution in [1.82, 2.24) is 5.32 Å². The minimum absolute atomic E-state index is 0.134. The number of ketones is 1. The molecule has 5 rings (SSSR count). The number of unbranched alkanes of at least 4 members (excludes halogenated alkanes) is 3.